The number of aromatic nitrogens is 1. The molecule has 28 heavy (non-hydrogen) atoms. The number of aryl methyl sites for hydroxylation is 1. The fraction of sp³-hybridized carbons (Fsp3) is 0.150. The zero-order valence-corrected chi connectivity index (χ0v) is 16.8. The van der Waals surface area contributed by atoms with Gasteiger partial charge in [0.2, 0.25) is 0 Å². The largest absolute Gasteiger partial charge is 0.484 e. The van der Waals surface area contributed by atoms with Gasteiger partial charge in [-0.3, -0.25) is 20.4 Å². The van der Waals surface area contributed by atoms with Crippen molar-refractivity contribution < 1.29 is 14.3 Å². The highest BCUT2D eigenvalue weighted by Crippen LogP contribution is 2.22. The summed E-state index contributed by atoms with van der Waals surface area (Å²) in [7, 11) is 0. The van der Waals surface area contributed by atoms with Crippen LogP contribution >= 0.6 is 23.1 Å². The van der Waals surface area contributed by atoms with Gasteiger partial charge in [-0.2, -0.15) is 0 Å². The third kappa shape index (κ3) is 6.11. The van der Waals surface area contributed by atoms with Crippen LogP contribution in [0.3, 0.4) is 0 Å². The average Bonchev–Trinajstić information content (AvgIpc) is 3.24. The quantitative estimate of drug-likeness (QED) is 0.457. The van der Waals surface area contributed by atoms with E-state index in [0.29, 0.717) is 11.3 Å². The molecular weight excluding hydrogens is 394 g/mol. The first-order valence-corrected chi connectivity index (χ1v) is 10.4. The van der Waals surface area contributed by atoms with Crippen molar-refractivity contribution in [2.45, 2.75) is 17.6 Å². The lowest BCUT2D eigenvalue weighted by atomic mass is 10.2. The van der Waals surface area contributed by atoms with E-state index in [4.69, 9.17) is 4.74 Å². The SMILES string of the molecule is Cc1ccc(OCC(=O)NNC(=O)c2ccc(SCc3cscn3)cc2)cc1. The molecule has 8 heteroatoms. The number of benzene rings is 2. The number of ether oxygens (including phenoxy) is 1. The Morgan fingerprint density at radius 3 is 2.50 bits per heavy atom. The Morgan fingerprint density at radius 2 is 1.82 bits per heavy atom. The lowest BCUT2D eigenvalue weighted by molar-refractivity contribution is -0.123. The van der Waals surface area contributed by atoms with Crippen molar-refractivity contribution in [3.8, 4) is 5.75 Å². The number of thiazole rings is 1. The number of amides is 2. The van der Waals surface area contributed by atoms with Crippen LogP contribution in [0, 0.1) is 6.92 Å². The van der Waals surface area contributed by atoms with E-state index in [9.17, 15) is 9.59 Å². The number of hydrogen-bond acceptors (Lipinski definition) is 6. The molecule has 0 radical (unpaired) electrons. The summed E-state index contributed by atoms with van der Waals surface area (Å²) in [6, 6.07) is 14.5. The maximum absolute atomic E-state index is 12.1. The number of carbonyl (C=O) groups excluding carboxylic acids is 2. The average molecular weight is 414 g/mol. The van der Waals surface area contributed by atoms with Gasteiger partial charge in [-0.25, -0.2) is 4.98 Å². The van der Waals surface area contributed by atoms with Crippen molar-refractivity contribution in [1.82, 2.24) is 15.8 Å². The first-order valence-electron chi connectivity index (χ1n) is 8.49. The molecule has 0 bridgehead atoms. The molecule has 0 saturated carbocycles. The molecule has 0 saturated heterocycles. The third-order valence-electron chi connectivity index (χ3n) is 3.69. The summed E-state index contributed by atoms with van der Waals surface area (Å²) in [6.45, 7) is 1.79. The highest BCUT2D eigenvalue weighted by atomic mass is 32.2. The second-order valence-corrected chi connectivity index (χ2v) is 7.66. The van der Waals surface area contributed by atoms with E-state index in [0.717, 1.165) is 21.9 Å². The molecule has 0 fully saturated rings. The Kier molecular flexibility index (Phi) is 7.05. The minimum atomic E-state index is -0.440. The van der Waals surface area contributed by atoms with Gasteiger partial charge in [-0.05, 0) is 43.3 Å². The van der Waals surface area contributed by atoms with E-state index in [1.807, 2.05) is 42.1 Å². The molecule has 0 aliphatic heterocycles. The molecular formula is C20H19N3O3S2. The number of hydrazine groups is 1. The predicted molar refractivity (Wildman–Crippen MR) is 110 cm³/mol. The van der Waals surface area contributed by atoms with Gasteiger partial charge in [0.05, 0.1) is 11.2 Å². The van der Waals surface area contributed by atoms with Crippen LogP contribution in [-0.2, 0) is 10.5 Å². The Bertz CT molecular complexity index is 911. The Labute approximate surface area is 171 Å². The summed E-state index contributed by atoms with van der Waals surface area (Å²) < 4.78 is 5.36. The van der Waals surface area contributed by atoms with Crippen molar-refractivity contribution in [3.63, 3.8) is 0 Å². The molecule has 144 valence electrons. The van der Waals surface area contributed by atoms with Crippen LogP contribution in [0.2, 0.25) is 0 Å². The fourth-order valence-corrected chi connectivity index (χ4v) is 3.65. The van der Waals surface area contributed by atoms with Gasteiger partial charge in [-0.15, -0.1) is 23.1 Å². The smallest absolute Gasteiger partial charge is 0.276 e. The van der Waals surface area contributed by atoms with E-state index in [1.165, 1.54) is 0 Å². The summed E-state index contributed by atoms with van der Waals surface area (Å²) in [4.78, 5) is 29.2. The first-order chi connectivity index (χ1) is 13.6. The fourth-order valence-electron chi connectivity index (χ4n) is 2.19. The predicted octanol–water partition coefficient (Wildman–Crippen LogP) is 3.58. The third-order valence-corrected chi connectivity index (χ3v) is 5.37. The summed E-state index contributed by atoms with van der Waals surface area (Å²) in [5, 5.41) is 2.01. The molecule has 0 aliphatic rings. The van der Waals surface area contributed by atoms with Gasteiger partial charge in [0.15, 0.2) is 6.61 Å². The van der Waals surface area contributed by atoms with Gasteiger partial charge in [-0.1, -0.05) is 17.7 Å². The van der Waals surface area contributed by atoms with Crippen LogP contribution in [0.4, 0.5) is 0 Å². The zero-order valence-electron chi connectivity index (χ0n) is 15.2. The number of thioether (sulfide) groups is 1. The minimum Gasteiger partial charge on any atom is -0.484 e. The summed E-state index contributed by atoms with van der Waals surface area (Å²) in [6.07, 6.45) is 0. The summed E-state index contributed by atoms with van der Waals surface area (Å²) in [5.74, 6) is 0.549. The molecule has 0 atom stereocenters. The highest BCUT2D eigenvalue weighted by Gasteiger charge is 2.08. The van der Waals surface area contributed by atoms with Gasteiger partial charge >= 0.3 is 0 Å². The second kappa shape index (κ2) is 9.91. The Hall–Kier alpha value is -2.84. The topological polar surface area (TPSA) is 80.3 Å². The standard InChI is InChI=1S/C20H19N3O3S2/c1-14-2-6-17(7-3-14)26-10-19(24)22-23-20(25)15-4-8-18(9-5-15)28-12-16-11-27-13-21-16/h2-9,11,13H,10,12H2,1H3,(H,22,24)(H,23,25). The van der Waals surface area contributed by atoms with Crippen molar-refractivity contribution in [3.05, 3.63) is 76.2 Å². The normalized spacial score (nSPS) is 10.3. The molecule has 0 spiro atoms. The molecule has 2 aromatic carbocycles. The van der Waals surface area contributed by atoms with E-state index in [1.54, 1.807) is 47.4 Å². The maximum Gasteiger partial charge on any atom is 0.276 e. The van der Waals surface area contributed by atoms with Crippen LogP contribution < -0.4 is 15.6 Å². The second-order valence-electron chi connectivity index (χ2n) is 5.90. The van der Waals surface area contributed by atoms with Crippen LogP contribution in [0.15, 0.2) is 64.3 Å². The summed E-state index contributed by atoms with van der Waals surface area (Å²) in [5.41, 5.74) is 9.14. The molecule has 0 unspecified atom stereocenters. The van der Waals surface area contributed by atoms with Crippen molar-refractivity contribution >= 4 is 34.9 Å². The minimum absolute atomic E-state index is 0.185. The maximum atomic E-state index is 12.1. The molecule has 2 N–H and O–H groups in total. The first kappa shape index (κ1) is 19.9. The van der Waals surface area contributed by atoms with Crippen LogP contribution in [0.5, 0.6) is 5.75 Å². The number of carbonyl (C=O) groups is 2. The van der Waals surface area contributed by atoms with E-state index in [-0.39, 0.29) is 12.5 Å². The van der Waals surface area contributed by atoms with Crippen molar-refractivity contribution in [2.75, 3.05) is 6.61 Å². The van der Waals surface area contributed by atoms with E-state index >= 15 is 0 Å². The van der Waals surface area contributed by atoms with Gasteiger partial charge in [0, 0.05) is 21.6 Å². The Morgan fingerprint density at radius 1 is 1.07 bits per heavy atom. The zero-order chi connectivity index (χ0) is 19.8. The molecule has 2 amide bonds. The molecule has 0 aliphatic carbocycles. The van der Waals surface area contributed by atoms with Crippen molar-refractivity contribution in [1.29, 1.82) is 0 Å². The molecule has 6 nitrogen and oxygen atoms in total. The van der Waals surface area contributed by atoms with Crippen molar-refractivity contribution in [2.24, 2.45) is 0 Å². The lowest BCUT2D eigenvalue weighted by Gasteiger charge is -2.09. The lowest BCUT2D eigenvalue weighted by Crippen LogP contribution is -2.43. The molecule has 1 aromatic heterocycles. The monoisotopic (exact) mass is 413 g/mol. The number of nitrogens with one attached hydrogen (secondary N) is 2. The Balaban J connectivity index is 1.41. The van der Waals surface area contributed by atoms with Crippen LogP contribution in [0.25, 0.3) is 0 Å². The molecule has 3 aromatic rings. The van der Waals surface area contributed by atoms with E-state index in [2.05, 4.69) is 15.8 Å². The molecule has 3 rings (SSSR count). The van der Waals surface area contributed by atoms with Crippen LogP contribution in [0.1, 0.15) is 21.6 Å². The number of hydrogen-bond donors (Lipinski definition) is 2. The summed E-state index contributed by atoms with van der Waals surface area (Å²) >= 11 is 3.22. The molecule has 1 heterocycles. The van der Waals surface area contributed by atoms with E-state index < -0.39 is 5.91 Å². The van der Waals surface area contributed by atoms with Gasteiger partial charge in [0.25, 0.3) is 11.8 Å². The van der Waals surface area contributed by atoms with Gasteiger partial charge in [0.1, 0.15) is 5.75 Å². The highest BCUT2D eigenvalue weighted by molar-refractivity contribution is 7.98. The van der Waals surface area contributed by atoms with Crippen LogP contribution in [-0.4, -0.2) is 23.4 Å². The van der Waals surface area contributed by atoms with Gasteiger partial charge < -0.3 is 4.74 Å². The number of rotatable bonds is 7. The number of nitrogens with zero attached hydrogens (tertiary/aromatic N) is 1.